The minimum absolute atomic E-state index is 0.131. The molecule has 1 aliphatic heterocycles. The smallest absolute Gasteiger partial charge is 0.270 e. The van der Waals surface area contributed by atoms with Crippen LogP contribution < -0.4 is 15.0 Å². The lowest BCUT2D eigenvalue weighted by atomic mass is 10.0. The van der Waals surface area contributed by atoms with Gasteiger partial charge in [0.1, 0.15) is 5.69 Å². The summed E-state index contributed by atoms with van der Waals surface area (Å²) < 4.78 is 11.7. The van der Waals surface area contributed by atoms with Crippen molar-refractivity contribution in [3.8, 4) is 5.88 Å². The highest BCUT2D eigenvalue weighted by Crippen LogP contribution is 2.40. The van der Waals surface area contributed by atoms with Crippen molar-refractivity contribution in [1.82, 2.24) is 15.3 Å². The van der Waals surface area contributed by atoms with Crippen LogP contribution in [-0.4, -0.2) is 62.1 Å². The summed E-state index contributed by atoms with van der Waals surface area (Å²) in [4.78, 5) is 24.2. The van der Waals surface area contributed by atoms with Crippen LogP contribution in [0, 0.1) is 0 Å². The van der Waals surface area contributed by atoms with Crippen molar-refractivity contribution >= 4 is 20.4 Å². The van der Waals surface area contributed by atoms with Gasteiger partial charge in [0.05, 0.1) is 18.8 Å². The lowest BCUT2D eigenvalue weighted by molar-refractivity contribution is -0.0751. The Morgan fingerprint density at radius 2 is 2.09 bits per heavy atom. The Labute approximate surface area is 198 Å². The second kappa shape index (κ2) is 9.42. The molecular weight excluding hydrogens is 432 g/mol. The second-order valence-electron chi connectivity index (χ2n) is 10.1. The molecule has 2 fully saturated rings. The van der Waals surface area contributed by atoms with E-state index in [2.05, 4.69) is 47.1 Å². The molecule has 1 saturated carbocycles. The Bertz CT molecular complexity index is 993. The topological polar surface area (TPSA) is 76.6 Å². The molecule has 2 aliphatic rings. The fourth-order valence-electron chi connectivity index (χ4n) is 5.03. The Hall–Kier alpha value is -2.45. The molecule has 3 heterocycles. The highest BCUT2D eigenvalue weighted by molar-refractivity contribution is 6.56. The van der Waals surface area contributed by atoms with Gasteiger partial charge >= 0.3 is 0 Å². The van der Waals surface area contributed by atoms with Crippen LogP contribution in [0.4, 0.5) is 5.69 Å². The third kappa shape index (κ3) is 5.73. The average molecular weight is 468 g/mol. The van der Waals surface area contributed by atoms with Crippen molar-refractivity contribution in [3.05, 3.63) is 47.9 Å². The lowest BCUT2D eigenvalue weighted by Gasteiger charge is -2.45. The number of anilines is 1. The molecule has 2 atom stereocenters. The largest absolute Gasteiger partial charge is 0.481 e. The van der Waals surface area contributed by atoms with Crippen LogP contribution in [0.2, 0.25) is 19.1 Å². The minimum Gasteiger partial charge on any atom is -0.481 e. The molecule has 8 heteroatoms. The number of carbonyl (C=O) groups is 1. The molecule has 7 nitrogen and oxygen atoms in total. The molecule has 2 aromatic heterocycles. The molecule has 4 rings (SSSR count). The summed E-state index contributed by atoms with van der Waals surface area (Å²) in [6.45, 7) is 10.6. The van der Waals surface area contributed by atoms with Crippen LogP contribution in [0.1, 0.15) is 42.7 Å². The second-order valence-corrected chi connectivity index (χ2v) is 12.9. The lowest BCUT2D eigenvalue weighted by Crippen LogP contribution is -2.54. The molecule has 1 amide bonds. The molecule has 1 radical (unpaired) electrons. The van der Waals surface area contributed by atoms with Gasteiger partial charge in [0, 0.05) is 57.5 Å². The van der Waals surface area contributed by atoms with E-state index in [0.717, 1.165) is 43.2 Å². The van der Waals surface area contributed by atoms with E-state index in [-0.39, 0.29) is 23.2 Å². The minimum atomic E-state index is -0.426. The maximum atomic E-state index is 13.2. The number of pyridine rings is 2. The summed E-state index contributed by atoms with van der Waals surface area (Å²) >= 11 is 0. The Morgan fingerprint density at radius 3 is 2.79 bits per heavy atom. The first-order chi connectivity index (χ1) is 15.7. The predicted octanol–water partition coefficient (Wildman–Crippen LogP) is 3.73. The monoisotopic (exact) mass is 467 g/mol. The van der Waals surface area contributed by atoms with Crippen molar-refractivity contribution in [2.24, 2.45) is 0 Å². The summed E-state index contributed by atoms with van der Waals surface area (Å²) in [6, 6.07) is 8.91. The number of hydrogen-bond donors (Lipinski definition) is 1. The van der Waals surface area contributed by atoms with Crippen LogP contribution in [0.5, 0.6) is 5.88 Å². The van der Waals surface area contributed by atoms with Crippen molar-refractivity contribution in [2.75, 3.05) is 25.1 Å². The highest BCUT2D eigenvalue weighted by atomic mass is 28.3. The molecule has 33 heavy (non-hydrogen) atoms. The molecule has 2 aromatic rings. The third-order valence-electron chi connectivity index (χ3n) is 6.36. The number of amides is 1. The summed E-state index contributed by atoms with van der Waals surface area (Å²) in [5, 5.41) is 3.24. The number of nitrogens with zero attached hydrogens (tertiary/aromatic N) is 3. The maximum absolute atomic E-state index is 13.2. The molecule has 1 aliphatic carbocycles. The van der Waals surface area contributed by atoms with Gasteiger partial charge in [-0.05, 0) is 50.9 Å². The first-order valence-electron chi connectivity index (χ1n) is 11.7. The summed E-state index contributed by atoms with van der Waals surface area (Å²) in [5.74, 6) is 0.486. The molecular formula is C25H35N4O3Si. The summed E-state index contributed by atoms with van der Waals surface area (Å²) in [7, 11) is 1.20. The van der Waals surface area contributed by atoms with Gasteiger partial charge in [-0.3, -0.25) is 9.78 Å². The number of morpholine rings is 1. The van der Waals surface area contributed by atoms with E-state index in [1.54, 1.807) is 19.5 Å². The van der Waals surface area contributed by atoms with Gasteiger partial charge in [0.15, 0.2) is 0 Å². The SMILES string of the molecule is COc1ncccc1CC1(NC(=O)c2cc(N3C[C@@H](C)O[C@@](C)(C[Si](C)C)C3)ccn2)CC1. The number of hydrogen-bond acceptors (Lipinski definition) is 6. The van der Waals surface area contributed by atoms with Crippen LogP contribution in [0.25, 0.3) is 0 Å². The van der Waals surface area contributed by atoms with Crippen LogP contribution >= 0.6 is 0 Å². The molecule has 1 N–H and O–H groups in total. The van der Waals surface area contributed by atoms with Gasteiger partial charge in [-0.1, -0.05) is 19.2 Å². The van der Waals surface area contributed by atoms with Gasteiger partial charge in [-0.2, -0.15) is 0 Å². The van der Waals surface area contributed by atoms with Gasteiger partial charge in [0.2, 0.25) is 5.88 Å². The zero-order valence-corrected chi connectivity index (χ0v) is 21.4. The normalized spacial score (nSPS) is 23.9. The average Bonchev–Trinajstić information content (AvgIpc) is 3.51. The first kappa shape index (κ1) is 23.7. The Kier molecular flexibility index (Phi) is 6.77. The number of ether oxygens (including phenoxy) is 2. The Morgan fingerprint density at radius 1 is 1.30 bits per heavy atom. The highest BCUT2D eigenvalue weighted by Gasteiger charge is 2.45. The number of rotatable bonds is 8. The van der Waals surface area contributed by atoms with Gasteiger partial charge in [-0.15, -0.1) is 0 Å². The van der Waals surface area contributed by atoms with Crippen molar-refractivity contribution in [3.63, 3.8) is 0 Å². The summed E-state index contributed by atoms with van der Waals surface area (Å²) in [5.41, 5.74) is 2.07. The predicted molar refractivity (Wildman–Crippen MR) is 132 cm³/mol. The fourth-order valence-corrected chi connectivity index (χ4v) is 6.72. The van der Waals surface area contributed by atoms with E-state index in [9.17, 15) is 4.79 Å². The molecule has 0 bridgehead atoms. The fraction of sp³-hybridized carbons (Fsp3) is 0.560. The van der Waals surface area contributed by atoms with E-state index >= 15 is 0 Å². The van der Waals surface area contributed by atoms with Gasteiger partial charge in [-0.25, -0.2) is 4.98 Å². The van der Waals surface area contributed by atoms with E-state index in [1.807, 2.05) is 24.3 Å². The molecule has 0 unspecified atom stereocenters. The Balaban J connectivity index is 1.47. The van der Waals surface area contributed by atoms with Crippen molar-refractivity contribution < 1.29 is 14.3 Å². The van der Waals surface area contributed by atoms with E-state index < -0.39 is 8.80 Å². The maximum Gasteiger partial charge on any atom is 0.270 e. The quantitative estimate of drug-likeness (QED) is 0.596. The van der Waals surface area contributed by atoms with E-state index in [4.69, 9.17) is 9.47 Å². The van der Waals surface area contributed by atoms with Gasteiger partial charge < -0.3 is 19.7 Å². The van der Waals surface area contributed by atoms with E-state index in [0.29, 0.717) is 18.0 Å². The number of aromatic nitrogens is 2. The zero-order valence-electron chi connectivity index (χ0n) is 20.4. The zero-order chi connectivity index (χ0) is 23.6. The summed E-state index contributed by atoms with van der Waals surface area (Å²) in [6.07, 6.45) is 6.17. The number of methoxy groups -OCH3 is 1. The van der Waals surface area contributed by atoms with Gasteiger partial charge in [0.25, 0.3) is 5.91 Å². The third-order valence-corrected chi connectivity index (χ3v) is 7.82. The van der Waals surface area contributed by atoms with E-state index in [1.165, 1.54) is 0 Å². The van der Waals surface area contributed by atoms with Crippen LogP contribution in [0.15, 0.2) is 36.7 Å². The number of carbonyl (C=O) groups excluding carboxylic acids is 1. The molecule has 1 saturated heterocycles. The molecule has 177 valence electrons. The van der Waals surface area contributed by atoms with Crippen LogP contribution in [-0.2, 0) is 11.2 Å². The number of nitrogens with one attached hydrogen (secondary N) is 1. The van der Waals surface area contributed by atoms with Crippen molar-refractivity contribution in [2.45, 2.75) is 69.5 Å². The molecule has 0 aromatic carbocycles. The first-order valence-corrected chi connectivity index (χ1v) is 14.4. The standard InChI is InChI=1S/C25H35N4O3Si/c1-18-15-29(16-24(2,32-18)17-33(4)5)20-8-12-26-21(13-20)22(30)28-25(9-10-25)14-19-7-6-11-27-23(19)31-3/h6-8,11-13,18H,9-10,14-17H2,1-5H3,(H,28,30)/t18-,24-/m1/s1. The van der Waals surface area contributed by atoms with Crippen molar-refractivity contribution in [1.29, 1.82) is 0 Å². The molecule has 0 spiro atoms. The van der Waals surface area contributed by atoms with Crippen LogP contribution in [0.3, 0.4) is 0 Å².